The third-order valence-corrected chi connectivity index (χ3v) is 2.40. The summed E-state index contributed by atoms with van der Waals surface area (Å²) in [7, 11) is 0. The van der Waals surface area contributed by atoms with Crippen molar-refractivity contribution in [3.63, 3.8) is 0 Å². The van der Waals surface area contributed by atoms with Crippen molar-refractivity contribution in [1.29, 1.82) is 0 Å². The van der Waals surface area contributed by atoms with Gasteiger partial charge in [-0.05, 0) is 12.0 Å². The van der Waals surface area contributed by atoms with Crippen molar-refractivity contribution in [1.82, 2.24) is 0 Å². The zero-order valence-corrected chi connectivity index (χ0v) is 9.69. The first-order valence-electron chi connectivity index (χ1n) is 5.73. The largest absolute Gasteiger partial charge is 0.464 e. The first kappa shape index (κ1) is 12.7. The van der Waals surface area contributed by atoms with E-state index in [-0.39, 0.29) is 5.97 Å². The van der Waals surface area contributed by atoms with Gasteiger partial charge in [-0.25, -0.2) is 4.79 Å². The molecule has 2 N–H and O–H groups in total. The fraction of sp³-hybridized carbons (Fsp3) is 0.462. The zero-order chi connectivity index (χ0) is 11.8. The maximum atomic E-state index is 11.6. The highest BCUT2D eigenvalue weighted by Crippen LogP contribution is 2.11. The number of unbranched alkanes of at least 4 members (excludes halogenated alkanes) is 2. The molecule has 3 nitrogen and oxygen atoms in total. The molecule has 16 heavy (non-hydrogen) atoms. The first-order valence-corrected chi connectivity index (χ1v) is 5.73. The highest BCUT2D eigenvalue weighted by atomic mass is 16.5. The molecule has 0 amide bonds. The van der Waals surface area contributed by atoms with Crippen molar-refractivity contribution in [2.75, 3.05) is 6.61 Å². The molecule has 0 fully saturated rings. The number of nitrogens with two attached hydrogens (primary N) is 1. The van der Waals surface area contributed by atoms with Crippen LogP contribution in [0.5, 0.6) is 0 Å². The number of hydrogen-bond donors (Lipinski definition) is 1. The number of hydrogen-bond acceptors (Lipinski definition) is 3. The quantitative estimate of drug-likeness (QED) is 0.593. The van der Waals surface area contributed by atoms with Crippen LogP contribution in [0.4, 0.5) is 0 Å². The number of esters is 1. The summed E-state index contributed by atoms with van der Waals surface area (Å²) >= 11 is 0. The van der Waals surface area contributed by atoms with E-state index in [1.54, 1.807) is 0 Å². The Morgan fingerprint density at radius 3 is 2.62 bits per heavy atom. The van der Waals surface area contributed by atoms with Crippen LogP contribution >= 0.6 is 0 Å². The van der Waals surface area contributed by atoms with Gasteiger partial charge in [-0.1, -0.05) is 50.1 Å². The molecular formula is C13H19NO2. The fourth-order valence-corrected chi connectivity index (χ4v) is 1.41. The second kappa shape index (κ2) is 7.01. The minimum atomic E-state index is -0.664. The third-order valence-electron chi connectivity index (χ3n) is 2.40. The first-order chi connectivity index (χ1) is 7.75. The normalized spacial score (nSPS) is 12.1. The summed E-state index contributed by atoms with van der Waals surface area (Å²) in [6.45, 7) is 2.57. The van der Waals surface area contributed by atoms with Gasteiger partial charge in [-0.3, -0.25) is 0 Å². The maximum absolute atomic E-state index is 11.6. The number of carbonyl (C=O) groups is 1. The standard InChI is InChI=1S/C13H19NO2/c1-2-3-7-10-16-13(15)12(14)11-8-5-4-6-9-11/h4-6,8-9,12H,2-3,7,10,14H2,1H3/t12-/m1/s1. The Labute approximate surface area is 96.6 Å². The van der Waals surface area contributed by atoms with Crippen LogP contribution in [0, 0.1) is 0 Å². The molecule has 0 saturated carbocycles. The summed E-state index contributed by atoms with van der Waals surface area (Å²) in [4.78, 5) is 11.6. The zero-order valence-electron chi connectivity index (χ0n) is 9.69. The van der Waals surface area contributed by atoms with Crippen molar-refractivity contribution in [3.8, 4) is 0 Å². The molecule has 0 aliphatic carbocycles. The SMILES string of the molecule is CCCCCOC(=O)[C@H](N)c1ccccc1. The molecule has 1 aromatic rings. The molecular weight excluding hydrogens is 202 g/mol. The average Bonchev–Trinajstić information content (AvgIpc) is 2.34. The minimum Gasteiger partial charge on any atom is -0.464 e. The van der Waals surface area contributed by atoms with E-state index in [9.17, 15) is 4.79 Å². The van der Waals surface area contributed by atoms with E-state index in [2.05, 4.69) is 6.92 Å². The molecule has 0 aliphatic heterocycles. The van der Waals surface area contributed by atoms with Gasteiger partial charge < -0.3 is 10.5 Å². The maximum Gasteiger partial charge on any atom is 0.327 e. The van der Waals surface area contributed by atoms with Gasteiger partial charge in [0.15, 0.2) is 0 Å². The van der Waals surface area contributed by atoms with Crippen LogP contribution in [0.1, 0.15) is 37.8 Å². The molecule has 0 radical (unpaired) electrons. The van der Waals surface area contributed by atoms with Crippen LogP contribution in [0.2, 0.25) is 0 Å². The molecule has 0 unspecified atom stereocenters. The van der Waals surface area contributed by atoms with Crippen LogP contribution in [-0.2, 0) is 9.53 Å². The molecule has 1 atom stereocenters. The molecule has 1 rings (SSSR count). The van der Waals surface area contributed by atoms with Gasteiger partial charge in [0.2, 0.25) is 0 Å². The topological polar surface area (TPSA) is 52.3 Å². The van der Waals surface area contributed by atoms with Gasteiger partial charge in [-0.2, -0.15) is 0 Å². The molecule has 3 heteroatoms. The highest BCUT2D eigenvalue weighted by molar-refractivity contribution is 5.77. The highest BCUT2D eigenvalue weighted by Gasteiger charge is 2.16. The van der Waals surface area contributed by atoms with Crippen molar-refractivity contribution >= 4 is 5.97 Å². The smallest absolute Gasteiger partial charge is 0.327 e. The summed E-state index contributed by atoms with van der Waals surface area (Å²) in [5.74, 6) is -0.345. The number of rotatable bonds is 6. The van der Waals surface area contributed by atoms with Gasteiger partial charge in [0, 0.05) is 0 Å². The Hall–Kier alpha value is -1.35. The lowest BCUT2D eigenvalue weighted by Crippen LogP contribution is -2.24. The molecule has 1 aromatic carbocycles. The molecule has 0 saturated heterocycles. The summed E-state index contributed by atoms with van der Waals surface area (Å²) in [6.07, 6.45) is 3.10. The number of ether oxygens (including phenoxy) is 1. The summed E-state index contributed by atoms with van der Waals surface area (Å²) in [5, 5.41) is 0. The Balaban J connectivity index is 2.37. The van der Waals surface area contributed by atoms with Gasteiger partial charge in [0.05, 0.1) is 6.61 Å². The molecule has 0 bridgehead atoms. The van der Waals surface area contributed by atoms with Crippen LogP contribution in [-0.4, -0.2) is 12.6 Å². The van der Waals surface area contributed by atoms with Crippen LogP contribution < -0.4 is 5.73 Å². The predicted octanol–water partition coefficient (Wildman–Crippen LogP) is 2.42. The van der Waals surface area contributed by atoms with Crippen LogP contribution in [0.25, 0.3) is 0 Å². The van der Waals surface area contributed by atoms with Crippen molar-refractivity contribution in [2.45, 2.75) is 32.2 Å². The Bertz CT molecular complexity index is 311. The lowest BCUT2D eigenvalue weighted by atomic mass is 10.1. The Kier molecular flexibility index (Phi) is 5.57. The van der Waals surface area contributed by atoms with E-state index >= 15 is 0 Å². The number of carbonyl (C=O) groups excluding carboxylic acids is 1. The Morgan fingerprint density at radius 1 is 1.31 bits per heavy atom. The van der Waals surface area contributed by atoms with E-state index in [4.69, 9.17) is 10.5 Å². The summed E-state index contributed by atoms with van der Waals surface area (Å²) in [5.41, 5.74) is 6.57. The Morgan fingerprint density at radius 2 is 2.00 bits per heavy atom. The molecule has 0 heterocycles. The van der Waals surface area contributed by atoms with Gasteiger partial charge in [0.25, 0.3) is 0 Å². The summed E-state index contributed by atoms with van der Waals surface area (Å²) < 4.78 is 5.10. The fourth-order valence-electron chi connectivity index (χ4n) is 1.41. The van der Waals surface area contributed by atoms with E-state index < -0.39 is 6.04 Å². The second-order valence-corrected chi connectivity index (χ2v) is 3.76. The van der Waals surface area contributed by atoms with E-state index in [1.807, 2.05) is 30.3 Å². The van der Waals surface area contributed by atoms with Crippen molar-refractivity contribution in [3.05, 3.63) is 35.9 Å². The van der Waals surface area contributed by atoms with E-state index in [1.165, 1.54) is 0 Å². The molecule has 88 valence electrons. The average molecular weight is 221 g/mol. The third kappa shape index (κ3) is 4.03. The van der Waals surface area contributed by atoms with Gasteiger partial charge in [0.1, 0.15) is 6.04 Å². The number of benzene rings is 1. The predicted molar refractivity (Wildman–Crippen MR) is 63.9 cm³/mol. The van der Waals surface area contributed by atoms with Crippen LogP contribution in [0.3, 0.4) is 0 Å². The molecule has 0 aliphatic rings. The van der Waals surface area contributed by atoms with Crippen molar-refractivity contribution in [2.24, 2.45) is 5.73 Å². The van der Waals surface area contributed by atoms with Gasteiger partial charge >= 0.3 is 5.97 Å². The lowest BCUT2D eigenvalue weighted by molar-refractivity contribution is -0.145. The second-order valence-electron chi connectivity index (χ2n) is 3.76. The molecule has 0 aromatic heterocycles. The lowest BCUT2D eigenvalue weighted by Gasteiger charge is -2.11. The summed E-state index contributed by atoms with van der Waals surface area (Å²) in [6, 6.07) is 8.61. The van der Waals surface area contributed by atoms with E-state index in [0.29, 0.717) is 6.61 Å². The van der Waals surface area contributed by atoms with Gasteiger partial charge in [-0.15, -0.1) is 0 Å². The van der Waals surface area contributed by atoms with Crippen LogP contribution in [0.15, 0.2) is 30.3 Å². The van der Waals surface area contributed by atoms with E-state index in [0.717, 1.165) is 24.8 Å². The molecule has 0 spiro atoms. The minimum absolute atomic E-state index is 0.345. The monoisotopic (exact) mass is 221 g/mol. The van der Waals surface area contributed by atoms with Crippen molar-refractivity contribution < 1.29 is 9.53 Å².